The van der Waals surface area contributed by atoms with E-state index in [2.05, 4.69) is 42.4 Å². The number of thiophene rings is 1. The standard InChI is InChI=1S/C14H18N4O2.C9H8S/c15-8-12-7-11(1-2-13(12)16)14(19)18-5-3-10(4-6-18)9-17-20;1-7-6-8-4-2-3-5-9(8)10-7/h1-2,7-8,10,15H,3-6,9,16H2;2-6H,1H3. The molecule has 7 heteroatoms. The third-order valence-electron chi connectivity index (χ3n) is 5.27. The lowest BCUT2D eigenvalue weighted by Crippen LogP contribution is -2.39. The fourth-order valence-corrected chi connectivity index (χ4v) is 4.48. The number of nitroso groups, excluding NO2 is 1. The second kappa shape index (κ2) is 10.1. The second-order valence-corrected chi connectivity index (χ2v) is 8.72. The molecule has 6 nitrogen and oxygen atoms in total. The largest absolute Gasteiger partial charge is 0.398 e. The van der Waals surface area contributed by atoms with Crippen molar-refractivity contribution in [1.82, 2.24) is 4.90 Å². The average Bonchev–Trinajstić information content (AvgIpc) is 3.15. The number of likely N-dealkylation sites (tertiary alicyclic amines) is 1. The SMILES string of the molecule is Cc1cc2ccccc2s1.N=Cc1cc(C(=O)N2CCC(CN=O)CC2)ccc1N. The smallest absolute Gasteiger partial charge is 0.253 e. The number of nitrogens with two attached hydrogens (primary N) is 1. The van der Waals surface area contributed by atoms with Gasteiger partial charge < -0.3 is 16.0 Å². The monoisotopic (exact) mass is 422 g/mol. The molecule has 0 unspecified atom stereocenters. The summed E-state index contributed by atoms with van der Waals surface area (Å²) in [4.78, 5) is 25.8. The highest BCUT2D eigenvalue weighted by molar-refractivity contribution is 7.19. The molecule has 0 spiro atoms. The summed E-state index contributed by atoms with van der Waals surface area (Å²) in [5, 5.41) is 11.6. The van der Waals surface area contributed by atoms with Crippen molar-refractivity contribution in [3.8, 4) is 0 Å². The molecule has 30 heavy (non-hydrogen) atoms. The van der Waals surface area contributed by atoms with Crippen LogP contribution in [-0.4, -0.2) is 36.7 Å². The molecular weight excluding hydrogens is 396 g/mol. The molecule has 2 heterocycles. The molecular formula is C23H26N4O2S. The Morgan fingerprint density at radius 2 is 1.97 bits per heavy atom. The molecule has 2 aromatic carbocycles. The Morgan fingerprint density at radius 1 is 1.23 bits per heavy atom. The van der Waals surface area contributed by atoms with Crippen molar-refractivity contribution in [1.29, 1.82) is 5.41 Å². The zero-order chi connectivity index (χ0) is 21.5. The van der Waals surface area contributed by atoms with Gasteiger partial charge in [0, 0.05) is 45.7 Å². The van der Waals surface area contributed by atoms with Crippen molar-refractivity contribution < 1.29 is 4.79 Å². The molecule has 4 rings (SSSR count). The lowest BCUT2D eigenvalue weighted by Gasteiger charge is -2.31. The summed E-state index contributed by atoms with van der Waals surface area (Å²) in [5.41, 5.74) is 7.30. The fourth-order valence-electron chi connectivity index (χ4n) is 3.55. The Morgan fingerprint density at radius 3 is 2.63 bits per heavy atom. The van der Waals surface area contributed by atoms with E-state index in [1.165, 1.54) is 15.0 Å². The number of anilines is 1. The molecule has 1 aromatic heterocycles. The van der Waals surface area contributed by atoms with Crippen LogP contribution in [0.3, 0.4) is 0 Å². The summed E-state index contributed by atoms with van der Waals surface area (Å²) >= 11 is 1.85. The van der Waals surface area contributed by atoms with Gasteiger partial charge in [0.05, 0.1) is 6.54 Å². The summed E-state index contributed by atoms with van der Waals surface area (Å²) in [6, 6.07) is 15.7. The number of benzene rings is 2. The van der Waals surface area contributed by atoms with Gasteiger partial charge in [0.15, 0.2) is 0 Å². The van der Waals surface area contributed by atoms with Gasteiger partial charge in [0.25, 0.3) is 5.91 Å². The molecule has 1 fully saturated rings. The van der Waals surface area contributed by atoms with Crippen molar-refractivity contribution in [3.63, 3.8) is 0 Å². The Labute approximate surface area is 180 Å². The molecule has 3 N–H and O–H groups in total. The highest BCUT2D eigenvalue weighted by Crippen LogP contribution is 2.24. The van der Waals surface area contributed by atoms with Gasteiger partial charge in [-0.05, 0) is 61.4 Å². The van der Waals surface area contributed by atoms with Crippen LogP contribution in [0.15, 0.2) is 53.7 Å². The molecule has 1 aliphatic heterocycles. The van der Waals surface area contributed by atoms with Crippen LogP contribution in [0.4, 0.5) is 5.69 Å². The van der Waals surface area contributed by atoms with Gasteiger partial charge in [-0.1, -0.05) is 23.4 Å². The number of nitrogens with zero attached hydrogens (tertiary/aromatic N) is 2. The molecule has 0 radical (unpaired) electrons. The number of amides is 1. The minimum Gasteiger partial charge on any atom is -0.398 e. The molecule has 1 amide bonds. The zero-order valence-corrected chi connectivity index (χ0v) is 17.8. The molecule has 0 aliphatic carbocycles. The van der Waals surface area contributed by atoms with Gasteiger partial charge in [-0.2, -0.15) is 4.91 Å². The molecule has 156 valence electrons. The normalized spacial score (nSPS) is 14.1. The Balaban J connectivity index is 0.000000212. The molecule has 0 atom stereocenters. The van der Waals surface area contributed by atoms with Crippen LogP contribution in [0, 0.1) is 23.2 Å². The maximum absolute atomic E-state index is 12.4. The highest BCUT2D eigenvalue weighted by Gasteiger charge is 2.24. The molecule has 3 aromatic rings. The molecule has 1 aliphatic rings. The average molecular weight is 423 g/mol. The lowest BCUT2D eigenvalue weighted by atomic mass is 9.96. The first-order chi connectivity index (χ1) is 14.5. The zero-order valence-electron chi connectivity index (χ0n) is 17.0. The summed E-state index contributed by atoms with van der Waals surface area (Å²) in [6.07, 6.45) is 2.77. The van der Waals surface area contributed by atoms with Crippen LogP contribution >= 0.6 is 11.3 Å². The summed E-state index contributed by atoms with van der Waals surface area (Å²) in [5.74, 6) is 0.241. The van der Waals surface area contributed by atoms with Crippen molar-refractivity contribution in [2.45, 2.75) is 19.8 Å². The van der Waals surface area contributed by atoms with E-state index in [9.17, 15) is 9.70 Å². The van der Waals surface area contributed by atoms with Crippen molar-refractivity contribution in [3.05, 3.63) is 69.4 Å². The predicted octanol–water partition coefficient (Wildman–Crippen LogP) is 5.09. The number of rotatable bonds is 4. The van der Waals surface area contributed by atoms with Gasteiger partial charge in [0.2, 0.25) is 0 Å². The van der Waals surface area contributed by atoms with E-state index in [-0.39, 0.29) is 5.91 Å². The Kier molecular flexibility index (Phi) is 7.30. The predicted molar refractivity (Wildman–Crippen MR) is 125 cm³/mol. The number of hydrogen-bond donors (Lipinski definition) is 2. The quantitative estimate of drug-likeness (QED) is 0.348. The molecule has 0 saturated carbocycles. The maximum Gasteiger partial charge on any atom is 0.253 e. The van der Waals surface area contributed by atoms with Gasteiger partial charge in [-0.25, -0.2) is 0 Å². The summed E-state index contributed by atoms with van der Waals surface area (Å²) in [7, 11) is 0. The number of carbonyl (C=O) groups excluding carboxylic acids is 1. The van der Waals surface area contributed by atoms with E-state index in [1.807, 2.05) is 11.3 Å². The third kappa shape index (κ3) is 5.30. The van der Waals surface area contributed by atoms with E-state index in [0.29, 0.717) is 42.4 Å². The van der Waals surface area contributed by atoms with Gasteiger partial charge in [-0.3, -0.25) is 4.79 Å². The highest BCUT2D eigenvalue weighted by atomic mass is 32.1. The number of nitrogen functional groups attached to an aromatic ring is 1. The van der Waals surface area contributed by atoms with Crippen molar-refractivity contribution in [2.75, 3.05) is 25.4 Å². The van der Waals surface area contributed by atoms with Gasteiger partial charge >= 0.3 is 0 Å². The van der Waals surface area contributed by atoms with Crippen LogP contribution in [-0.2, 0) is 0 Å². The first kappa shape index (κ1) is 21.6. The number of nitrogens with one attached hydrogen (secondary N) is 1. The van der Waals surface area contributed by atoms with Crippen LogP contribution in [0.2, 0.25) is 0 Å². The van der Waals surface area contributed by atoms with Crippen molar-refractivity contribution in [2.24, 2.45) is 11.1 Å². The Bertz CT molecular complexity index is 1010. The number of piperidine rings is 1. The number of carbonyl (C=O) groups is 1. The summed E-state index contributed by atoms with van der Waals surface area (Å²) < 4.78 is 1.39. The number of fused-ring (bicyclic) bond motifs is 1. The lowest BCUT2D eigenvalue weighted by molar-refractivity contribution is 0.0693. The first-order valence-electron chi connectivity index (χ1n) is 9.95. The van der Waals surface area contributed by atoms with Crippen LogP contribution in [0.1, 0.15) is 33.6 Å². The van der Waals surface area contributed by atoms with Gasteiger partial charge in [-0.15, -0.1) is 11.3 Å². The summed E-state index contributed by atoms with van der Waals surface area (Å²) in [6.45, 7) is 3.76. The van der Waals surface area contributed by atoms with Crippen molar-refractivity contribution >= 4 is 39.2 Å². The van der Waals surface area contributed by atoms with Crippen LogP contribution < -0.4 is 5.73 Å². The topological polar surface area (TPSA) is 99.6 Å². The van der Waals surface area contributed by atoms with Gasteiger partial charge in [0.1, 0.15) is 0 Å². The third-order valence-corrected chi connectivity index (χ3v) is 6.30. The van der Waals surface area contributed by atoms with Crippen LogP contribution in [0.5, 0.6) is 0 Å². The van der Waals surface area contributed by atoms with E-state index in [4.69, 9.17) is 11.1 Å². The van der Waals surface area contributed by atoms with E-state index in [1.54, 1.807) is 23.1 Å². The van der Waals surface area contributed by atoms with E-state index >= 15 is 0 Å². The maximum atomic E-state index is 12.4. The van der Waals surface area contributed by atoms with E-state index in [0.717, 1.165) is 19.1 Å². The second-order valence-electron chi connectivity index (χ2n) is 7.43. The minimum absolute atomic E-state index is 0.0504. The first-order valence-corrected chi connectivity index (χ1v) is 10.8. The number of aryl methyl sites for hydroxylation is 1. The fraction of sp³-hybridized carbons (Fsp3) is 0.304. The van der Waals surface area contributed by atoms with Crippen LogP contribution in [0.25, 0.3) is 10.1 Å². The minimum atomic E-state index is -0.0504. The molecule has 0 bridgehead atoms. The molecule has 1 saturated heterocycles. The Hall–Kier alpha value is -3.06. The van der Waals surface area contributed by atoms with E-state index < -0.39 is 0 Å². The number of hydrogen-bond acceptors (Lipinski definition) is 6.